The zero-order valence-electron chi connectivity index (χ0n) is 11.6. The molecule has 1 rings (SSSR count). The Morgan fingerprint density at radius 3 is 2.83 bits per heavy atom. The van der Waals surface area contributed by atoms with Gasteiger partial charge in [0.05, 0.1) is 7.11 Å². The number of terminal acetylenes is 1. The van der Waals surface area contributed by atoms with Gasteiger partial charge in [-0.1, -0.05) is 24.6 Å². The lowest BCUT2D eigenvalue weighted by Gasteiger charge is -2.21. The van der Waals surface area contributed by atoms with Crippen molar-refractivity contribution in [2.24, 2.45) is 0 Å². The van der Waals surface area contributed by atoms with Gasteiger partial charge in [0.25, 0.3) is 0 Å². The third-order valence-corrected chi connectivity index (χ3v) is 2.98. The fourth-order valence-corrected chi connectivity index (χ4v) is 2.04. The molecule has 0 bridgehead atoms. The molecule has 0 aliphatic rings. The van der Waals surface area contributed by atoms with E-state index in [9.17, 15) is 0 Å². The van der Waals surface area contributed by atoms with E-state index in [-0.39, 0.29) is 6.04 Å². The Labute approximate surface area is 111 Å². The van der Waals surface area contributed by atoms with E-state index in [4.69, 9.17) is 11.2 Å². The Morgan fingerprint density at radius 2 is 2.22 bits per heavy atom. The number of nitrogens with one attached hydrogen (secondary N) is 1. The predicted molar refractivity (Wildman–Crippen MR) is 76.8 cm³/mol. The Kier molecular flexibility index (Phi) is 6.32. The third-order valence-electron chi connectivity index (χ3n) is 2.98. The van der Waals surface area contributed by atoms with Gasteiger partial charge < -0.3 is 10.1 Å². The van der Waals surface area contributed by atoms with Crippen LogP contribution in [0, 0.1) is 19.3 Å². The van der Waals surface area contributed by atoms with Crippen molar-refractivity contribution in [1.29, 1.82) is 0 Å². The second kappa shape index (κ2) is 7.79. The first kappa shape index (κ1) is 14.6. The Balaban J connectivity index is 2.94. The molecule has 0 saturated heterocycles. The van der Waals surface area contributed by atoms with Crippen molar-refractivity contribution in [1.82, 2.24) is 5.32 Å². The first-order valence-electron chi connectivity index (χ1n) is 6.54. The maximum absolute atomic E-state index is 5.45. The highest BCUT2D eigenvalue weighted by molar-refractivity contribution is 5.39. The molecular weight excluding hydrogens is 222 g/mol. The minimum Gasteiger partial charge on any atom is -0.496 e. The molecule has 0 spiro atoms. The van der Waals surface area contributed by atoms with Gasteiger partial charge in [-0.15, -0.1) is 12.3 Å². The number of rotatable bonds is 7. The van der Waals surface area contributed by atoms with Crippen LogP contribution in [-0.2, 0) is 0 Å². The van der Waals surface area contributed by atoms with Gasteiger partial charge >= 0.3 is 0 Å². The van der Waals surface area contributed by atoms with E-state index in [1.54, 1.807) is 7.11 Å². The molecule has 2 heteroatoms. The van der Waals surface area contributed by atoms with E-state index in [1.165, 1.54) is 11.1 Å². The second-order valence-electron chi connectivity index (χ2n) is 4.49. The maximum Gasteiger partial charge on any atom is 0.123 e. The SMILES string of the molecule is C#CCCC(NCCC)c1cc(C)ccc1OC. The van der Waals surface area contributed by atoms with Crippen LogP contribution in [0.15, 0.2) is 18.2 Å². The van der Waals surface area contributed by atoms with E-state index >= 15 is 0 Å². The fraction of sp³-hybridized carbons (Fsp3) is 0.500. The summed E-state index contributed by atoms with van der Waals surface area (Å²) in [5, 5.41) is 3.55. The summed E-state index contributed by atoms with van der Waals surface area (Å²) in [7, 11) is 1.71. The van der Waals surface area contributed by atoms with Crippen LogP contribution in [0.2, 0.25) is 0 Å². The molecule has 1 atom stereocenters. The maximum atomic E-state index is 5.45. The van der Waals surface area contributed by atoms with Crippen LogP contribution in [0.5, 0.6) is 5.75 Å². The molecule has 98 valence electrons. The van der Waals surface area contributed by atoms with E-state index in [0.29, 0.717) is 0 Å². The molecule has 1 aromatic rings. The molecule has 0 heterocycles. The normalized spacial score (nSPS) is 11.9. The predicted octanol–water partition coefficient (Wildman–Crippen LogP) is 3.46. The van der Waals surface area contributed by atoms with Crippen molar-refractivity contribution in [3.05, 3.63) is 29.3 Å². The molecule has 2 nitrogen and oxygen atoms in total. The molecule has 1 aromatic carbocycles. The summed E-state index contributed by atoms with van der Waals surface area (Å²) >= 11 is 0. The topological polar surface area (TPSA) is 21.3 Å². The molecule has 0 fully saturated rings. The van der Waals surface area contributed by atoms with Gasteiger partial charge in [-0.3, -0.25) is 0 Å². The zero-order valence-corrected chi connectivity index (χ0v) is 11.6. The van der Waals surface area contributed by atoms with E-state index in [1.807, 2.05) is 6.07 Å². The average molecular weight is 245 g/mol. The molecular formula is C16H23NO. The minimum atomic E-state index is 0.274. The van der Waals surface area contributed by atoms with Crippen molar-refractivity contribution in [2.45, 2.75) is 39.2 Å². The molecule has 1 unspecified atom stereocenters. The highest BCUT2D eigenvalue weighted by atomic mass is 16.5. The van der Waals surface area contributed by atoms with Crippen LogP contribution >= 0.6 is 0 Å². The van der Waals surface area contributed by atoms with Gasteiger partial charge in [0, 0.05) is 18.0 Å². The number of benzene rings is 1. The van der Waals surface area contributed by atoms with E-state index in [2.05, 4.69) is 37.2 Å². The molecule has 1 N–H and O–H groups in total. The molecule has 0 aromatic heterocycles. The first-order chi connectivity index (χ1) is 8.72. The fourth-order valence-electron chi connectivity index (χ4n) is 2.04. The highest BCUT2D eigenvalue weighted by Crippen LogP contribution is 2.29. The number of methoxy groups -OCH3 is 1. The summed E-state index contributed by atoms with van der Waals surface area (Å²) < 4.78 is 5.45. The summed E-state index contributed by atoms with van der Waals surface area (Å²) in [5.74, 6) is 3.65. The van der Waals surface area contributed by atoms with Crippen molar-refractivity contribution in [3.8, 4) is 18.1 Å². The molecule has 0 aliphatic heterocycles. The summed E-state index contributed by atoms with van der Waals surface area (Å²) in [6.07, 6.45) is 8.20. The van der Waals surface area contributed by atoms with Gasteiger partial charge in [-0.05, 0) is 32.4 Å². The zero-order chi connectivity index (χ0) is 13.4. The first-order valence-corrected chi connectivity index (χ1v) is 6.54. The molecule has 0 amide bonds. The lowest BCUT2D eigenvalue weighted by Crippen LogP contribution is -2.22. The second-order valence-corrected chi connectivity index (χ2v) is 4.49. The van der Waals surface area contributed by atoms with Crippen LogP contribution in [-0.4, -0.2) is 13.7 Å². The van der Waals surface area contributed by atoms with Gasteiger partial charge in [0.15, 0.2) is 0 Å². The Bertz CT molecular complexity index is 406. The van der Waals surface area contributed by atoms with Gasteiger partial charge in [0.1, 0.15) is 5.75 Å². The molecule has 18 heavy (non-hydrogen) atoms. The number of hydrogen-bond acceptors (Lipinski definition) is 2. The average Bonchev–Trinajstić information content (AvgIpc) is 2.39. The highest BCUT2D eigenvalue weighted by Gasteiger charge is 2.15. The lowest BCUT2D eigenvalue weighted by atomic mass is 9.99. The summed E-state index contributed by atoms with van der Waals surface area (Å²) in [4.78, 5) is 0. The van der Waals surface area contributed by atoms with Crippen LogP contribution in [0.3, 0.4) is 0 Å². The summed E-state index contributed by atoms with van der Waals surface area (Å²) in [5.41, 5.74) is 2.45. The number of hydrogen-bond donors (Lipinski definition) is 1. The van der Waals surface area contributed by atoms with E-state index in [0.717, 1.165) is 31.6 Å². The van der Waals surface area contributed by atoms with E-state index < -0.39 is 0 Å². The van der Waals surface area contributed by atoms with Crippen LogP contribution < -0.4 is 10.1 Å². The van der Waals surface area contributed by atoms with Crippen LogP contribution in [0.4, 0.5) is 0 Å². The van der Waals surface area contributed by atoms with Crippen molar-refractivity contribution < 1.29 is 4.74 Å². The Morgan fingerprint density at radius 1 is 1.44 bits per heavy atom. The van der Waals surface area contributed by atoms with Crippen molar-refractivity contribution in [2.75, 3.05) is 13.7 Å². The Hall–Kier alpha value is -1.46. The molecule has 0 aliphatic carbocycles. The number of ether oxygens (including phenoxy) is 1. The summed E-state index contributed by atoms with van der Waals surface area (Å²) in [6.45, 7) is 5.26. The minimum absolute atomic E-state index is 0.274. The number of aryl methyl sites for hydroxylation is 1. The quantitative estimate of drug-likeness (QED) is 0.743. The summed E-state index contributed by atoms with van der Waals surface area (Å²) in [6, 6.07) is 6.56. The van der Waals surface area contributed by atoms with Gasteiger partial charge in [-0.2, -0.15) is 0 Å². The third kappa shape index (κ3) is 4.09. The largest absolute Gasteiger partial charge is 0.496 e. The van der Waals surface area contributed by atoms with Crippen molar-refractivity contribution >= 4 is 0 Å². The molecule has 0 radical (unpaired) electrons. The van der Waals surface area contributed by atoms with Crippen molar-refractivity contribution in [3.63, 3.8) is 0 Å². The van der Waals surface area contributed by atoms with Crippen LogP contribution in [0.1, 0.15) is 43.4 Å². The van der Waals surface area contributed by atoms with Gasteiger partial charge in [0.2, 0.25) is 0 Å². The smallest absolute Gasteiger partial charge is 0.123 e. The van der Waals surface area contributed by atoms with Crippen LogP contribution in [0.25, 0.3) is 0 Å². The van der Waals surface area contributed by atoms with Gasteiger partial charge in [-0.25, -0.2) is 0 Å². The monoisotopic (exact) mass is 245 g/mol. The standard InChI is InChI=1S/C16H23NO/c1-5-7-8-15(17-11-6-2)14-12-13(3)9-10-16(14)18-4/h1,9-10,12,15,17H,6-8,11H2,2-4H3. The molecule has 0 saturated carbocycles. The lowest BCUT2D eigenvalue weighted by molar-refractivity contribution is 0.395.